The van der Waals surface area contributed by atoms with E-state index in [9.17, 15) is 13.2 Å². The van der Waals surface area contributed by atoms with E-state index in [1.54, 1.807) is 24.3 Å². The van der Waals surface area contributed by atoms with Crippen molar-refractivity contribution in [1.29, 1.82) is 0 Å². The predicted molar refractivity (Wildman–Crippen MR) is 125 cm³/mol. The number of nitrogens with zero attached hydrogens (tertiary/aromatic N) is 1. The number of carbonyl (C=O) groups is 1. The molecule has 2 aromatic carbocycles. The molecule has 9 heteroatoms. The molecule has 0 saturated carbocycles. The van der Waals surface area contributed by atoms with Gasteiger partial charge in [-0.15, -0.1) is 0 Å². The summed E-state index contributed by atoms with van der Waals surface area (Å²) in [5.41, 5.74) is 2.10. The first kappa shape index (κ1) is 25.3. The lowest BCUT2D eigenvalue weighted by Crippen LogP contribution is -2.40. The molecule has 0 atom stereocenters. The van der Waals surface area contributed by atoms with Gasteiger partial charge in [0.2, 0.25) is 21.7 Å². The molecule has 0 aliphatic heterocycles. The van der Waals surface area contributed by atoms with Gasteiger partial charge in [0.15, 0.2) is 11.5 Å². The fraction of sp³-hybridized carbons (Fsp3) is 0.435. The van der Waals surface area contributed by atoms with Crippen molar-refractivity contribution in [2.24, 2.45) is 0 Å². The molecule has 0 unspecified atom stereocenters. The van der Waals surface area contributed by atoms with Gasteiger partial charge in [0, 0.05) is 12.1 Å². The Morgan fingerprint density at radius 2 is 1.53 bits per heavy atom. The highest BCUT2D eigenvalue weighted by atomic mass is 32.2. The number of amides is 1. The number of ether oxygens (including phenoxy) is 3. The number of benzene rings is 2. The van der Waals surface area contributed by atoms with Gasteiger partial charge in [-0.2, -0.15) is 0 Å². The van der Waals surface area contributed by atoms with Gasteiger partial charge in [-0.3, -0.25) is 9.10 Å². The lowest BCUT2D eigenvalue weighted by molar-refractivity contribution is -0.119. The molecule has 32 heavy (non-hydrogen) atoms. The summed E-state index contributed by atoms with van der Waals surface area (Å²) in [5, 5.41) is 2.75. The zero-order valence-corrected chi connectivity index (χ0v) is 20.5. The number of methoxy groups -OCH3 is 3. The Morgan fingerprint density at radius 1 is 0.938 bits per heavy atom. The molecule has 1 amide bonds. The Hall–Kier alpha value is -2.94. The van der Waals surface area contributed by atoms with Crippen molar-refractivity contribution in [3.05, 3.63) is 47.5 Å². The lowest BCUT2D eigenvalue weighted by atomic mass is 9.87. The predicted octanol–water partition coefficient (Wildman–Crippen LogP) is 3.09. The van der Waals surface area contributed by atoms with E-state index in [0.29, 0.717) is 28.5 Å². The summed E-state index contributed by atoms with van der Waals surface area (Å²) < 4.78 is 41.9. The Kier molecular flexibility index (Phi) is 8.01. The van der Waals surface area contributed by atoms with Crippen molar-refractivity contribution in [3.8, 4) is 17.2 Å². The van der Waals surface area contributed by atoms with E-state index < -0.39 is 15.9 Å². The summed E-state index contributed by atoms with van der Waals surface area (Å²) in [6, 6.07) is 10.6. The summed E-state index contributed by atoms with van der Waals surface area (Å²) in [7, 11) is 0.848. The van der Waals surface area contributed by atoms with Crippen molar-refractivity contribution in [1.82, 2.24) is 5.32 Å². The number of nitrogens with one attached hydrogen (secondary N) is 1. The van der Waals surface area contributed by atoms with Crippen LogP contribution in [0.2, 0.25) is 0 Å². The van der Waals surface area contributed by atoms with Gasteiger partial charge in [0.25, 0.3) is 0 Å². The van der Waals surface area contributed by atoms with Gasteiger partial charge < -0.3 is 19.5 Å². The van der Waals surface area contributed by atoms with E-state index in [0.717, 1.165) is 16.1 Å². The van der Waals surface area contributed by atoms with E-state index >= 15 is 0 Å². The first-order valence-electron chi connectivity index (χ1n) is 10.0. The standard InChI is InChI=1S/C23H32N2O6S/c1-23(2,3)17-9-11-18(12-10-17)25(32(7,27)28)15-20(26)24-14-16-8-13-19(29-4)22(31-6)21(16)30-5/h8-13H,14-15H2,1-7H3,(H,24,26). The van der Waals surface area contributed by atoms with Gasteiger partial charge >= 0.3 is 0 Å². The number of rotatable bonds is 9. The second-order valence-electron chi connectivity index (χ2n) is 8.34. The maximum Gasteiger partial charge on any atom is 0.241 e. The summed E-state index contributed by atoms with van der Waals surface area (Å²) in [4.78, 5) is 12.6. The summed E-state index contributed by atoms with van der Waals surface area (Å²) >= 11 is 0. The van der Waals surface area contributed by atoms with Gasteiger partial charge in [0.05, 0.1) is 33.3 Å². The smallest absolute Gasteiger partial charge is 0.241 e. The van der Waals surface area contributed by atoms with Gasteiger partial charge in [-0.05, 0) is 35.2 Å². The topological polar surface area (TPSA) is 94.2 Å². The van der Waals surface area contributed by atoms with Crippen LogP contribution in [-0.4, -0.2) is 48.5 Å². The van der Waals surface area contributed by atoms with Crippen LogP contribution in [0.4, 0.5) is 5.69 Å². The fourth-order valence-electron chi connectivity index (χ4n) is 3.21. The molecule has 0 bridgehead atoms. The second kappa shape index (κ2) is 10.1. The third kappa shape index (κ3) is 6.06. The summed E-state index contributed by atoms with van der Waals surface area (Å²) in [6.07, 6.45) is 1.08. The van der Waals surface area contributed by atoms with Crippen molar-refractivity contribution in [2.45, 2.75) is 32.7 Å². The highest BCUT2D eigenvalue weighted by Gasteiger charge is 2.23. The minimum Gasteiger partial charge on any atom is -0.493 e. The maximum absolute atomic E-state index is 12.6. The highest BCUT2D eigenvalue weighted by Crippen LogP contribution is 2.39. The van der Waals surface area contributed by atoms with Gasteiger partial charge in [-0.1, -0.05) is 32.9 Å². The largest absolute Gasteiger partial charge is 0.493 e. The van der Waals surface area contributed by atoms with Crippen molar-refractivity contribution >= 4 is 21.6 Å². The molecule has 2 rings (SSSR count). The Bertz CT molecular complexity index is 1040. The quantitative estimate of drug-likeness (QED) is 0.613. The van der Waals surface area contributed by atoms with Crippen molar-refractivity contribution < 1.29 is 27.4 Å². The molecule has 0 aliphatic carbocycles. The molecule has 0 fully saturated rings. The normalized spacial score (nSPS) is 11.6. The van der Waals surface area contributed by atoms with E-state index in [-0.39, 0.29) is 18.5 Å². The molecule has 0 radical (unpaired) electrons. The SMILES string of the molecule is COc1ccc(CNC(=O)CN(c2ccc(C(C)(C)C)cc2)S(C)(=O)=O)c(OC)c1OC. The molecular weight excluding hydrogens is 432 g/mol. The van der Waals surface area contributed by atoms with Gasteiger partial charge in [0.1, 0.15) is 6.54 Å². The van der Waals surface area contributed by atoms with E-state index in [4.69, 9.17) is 14.2 Å². The summed E-state index contributed by atoms with van der Waals surface area (Å²) in [6.45, 7) is 6.01. The first-order chi connectivity index (χ1) is 14.9. The minimum atomic E-state index is -3.67. The Morgan fingerprint density at radius 3 is 2.00 bits per heavy atom. The molecule has 1 N–H and O–H groups in total. The zero-order chi connectivity index (χ0) is 24.1. The van der Waals surface area contributed by atoms with Crippen molar-refractivity contribution in [2.75, 3.05) is 38.4 Å². The zero-order valence-electron chi connectivity index (χ0n) is 19.7. The monoisotopic (exact) mass is 464 g/mol. The van der Waals surface area contributed by atoms with Crippen LogP contribution in [0.3, 0.4) is 0 Å². The number of anilines is 1. The van der Waals surface area contributed by atoms with Crippen LogP contribution in [0.25, 0.3) is 0 Å². The lowest BCUT2D eigenvalue weighted by Gasteiger charge is -2.24. The summed E-state index contributed by atoms with van der Waals surface area (Å²) in [5.74, 6) is 0.900. The van der Waals surface area contributed by atoms with Gasteiger partial charge in [-0.25, -0.2) is 8.42 Å². The molecule has 0 aromatic heterocycles. The molecule has 0 heterocycles. The number of carbonyl (C=O) groups excluding carboxylic acids is 1. The number of hydrogen-bond acceptors (Lipinski definition) is 6. The number of sulfonamides is 1. The first-order valence-corrected chi connectivity index (χ1v) is 11.9. The van der Waals surface area contributed by atoms with E-state index in [1.807, 2.05) is 12.1 Å². The molecular formula is C23H32N2O6S. The van der Waals surface area contributed by atoms with E-state index in [1.165, 1.54) is 21.3 Å². The number of hydrogen-bond donors (Lipinski definition) is 1. The Labute approximate surface area is 190 Å². The van der Waals surface area contributed by atoms with Crippen LogP contribution in [0.1, 0.15) is 31.9 Å². The molecule has 0 saturated heterocycles. The van der Waals surface area contributed by atoms with Crippen molar-refractivity contribution in [3.63, 3.8) is 0 Å². The van der Waals surface area contributed by atoms with Crippen LogP contribution in [0, 0.1) is 0 Å². The fourth-order valence-corrected chi connectivity index (χ4v) is 4.07. The van der Waals surface area contributed by atoms with Crippen LogP contribution < -0.4 is 23.8 Å². The van der Waals surface area contributed by atoms with Crippen LogP contribution in [-0.2, 0) is 26.8 Å². The molecule has 2 aromatic rings. The van der Waals surface area contributed by atoms with Crippen LogP contribution >= 0.6 is 0 Å². The van der Waals surface area contributed by atoms with Crippen LogP contribution in [0.15, 0.2) is 36.4 Å². The molecule has 8 nitrogen and oxygen atoms in total. The second-order valence-corrected chi connectivity index (χ2v) is 10.2. The van der Waals surface area contributed by atoms with E-state index in [2.05, 4.69) is 26.1 Å². The third-order valence-corrected chi connectivity index (χ3v) is 6.11. The third-order valence-electron chi connectivity index (χ3n) is 4.97. The molecule has 0 aliphatic rings. The molecule has 0 spiro atoms. The average molecular weight is 465 g/mol. The average Bonchev–Trinajstić information content (AvgIpc) is 2.73. The Balaban J connectivity index is 2.19. The van der Waals surface area contributed by atoms with Crippen LogP contribution in [0.5, 0.6) is 17.2 Å². The molecule has 176 valence electrons. The highest BCUT2D eigenvalue weighted by molar-refractivity contribution is 7.92. The minimum absolute atomic E-state index is 0.0652. The maximum atomic E-state index is 12.6.